The molecule has 0 radical (unpaired) electrons. The number of carboxylic acids is 1. The first kappa shape index (κ1) is 15.5. The average molecular weight is 340 g/mol. The van der Waals surface area contributed by atoms with Crippen molar-refractivity contribution in [3.8, 4) is 0 Å². The topological polar surface area (TPSA) is 40.5 Å². The number of carboxylic acid groups (broad SMARTS) is 1. The molecule has 3 atom stereocenters. The maximum atomic E-state index is 11.3. The Kier molecular flexibility index (Phi) is 5.22. The largest absolute Gasteiger partial charge is 0.481 e. The molecule has 0 aromatic heterocycles. The lowest BCUT2D eigenvalue weighted by atomic mass is 9.88. The number of benzene rings is 1. The van der Waals surface area contributed by atoms with Crippen LogP contribution in [-0.4, -0.2) is 29.1 Å². The van der Waals surface area contributed by atoms with Crippen LogP contribution in [0.15, 0.2) is 28.7 Å². The fourth-order valence-electron chi connectivity index (χ4n) is 3.22. The number of hydrogen-bond acceptors (Lipinski definition) is 2. The van der Waals surface area contributed by atoms with Crippen molar-refractivity contribution >= 4 is 21.9 Å². The smallest absolute Gasteiger partial charge is 0.307 e. The fraction of sp³-hybridized carbons (Fsp3) is 0.562. The van der Waals surface area contributed by atoms with Gasteiger partial charge in [0.1, 0.15) is 0 Å². The lowest BCUT2D eigenvalue weighted by molar-refractivity contribution is -0.144. The summed E-state index contributed by atoms with van der Waals surface area (Å²) < 4.78 is 1.08. The van der Waals surface area contributed by atoms with Gasteiger partial charge in [0.05, 0.1) is 5.92 Å². The first-order chi connectivity index (χ1) is 9.51. The van der Waals surface area contributed by atoms with Crippen LogP contribution >= 0.6 is 15.9 Å². The third-order valence-corrected chi connectivity index (χ3v) is 4.65. The SMILES string of the molecule is CCC(c1ccc(Br)cc1)N1CC(C)CC(C(=O)O)C1. The van der Waals surface area contributed by atoms with Gasteiger partial charge in [0.25, 0.3) is 0 Å². The van der Waals surface area contributed by atoms with E-state index in [0.29, 0.717) is 18.5 Å². The summed E-state index contributed by atoms with van der Waals surface area (Å²) in [6.07, 6.45) is 1.79. The van der Waals surface area contributed by atoms with E-state index < -0.39 is 5.97 Å². The third-order valence-electron chi connectivity index (χ3n) is 4.12. The molecule has 0 bridgehead atoms. The lowest BCUT2D eigenvalue weighted by Gasteiger charge is -2.39. The number of piperidine rings is 1. The minimum Gasteiger partial charge on any atom is -0.481 e. The van der Waals surface area contributed by atoms with Crippen LogP contribution in [0.2, 0.25) is 0 Å². The highest BCUT2D eigenvalue weighted by molar-refractivity contribution is 9.10. The molecule has 3 unspecified atom stereocenters. The molecule has 1 saturated heterocycles. The molecule has 1 fully saturated rings. The highest BCUT2D eigenvalue weighted by Crippen LogP contribution is 2.32. The Morgan fingerprint density at radius 2 is 2.05 bits per heavy atom. The van der Waals surface area contributed by atoms with Gasteiger partial charge in [0.15, 0.2) is 0 Å². The molecule has 1 aliphatic rings. The third kappa shape index (κ3) is 3.61. The summed E-state index contributed by atoms with van der Waals surface area (Å²) in [6.45, 7) is 5.96. The quantitative estimate of drug-likeness (QED) is 0.902. The van der Waals surface area contributed by atoms with Crippen LogP contribution < -0.4 is 0 Å². The summed E-state index contributed by atoms with van der Waals surface area (Å²) in [4.78, 5) is 13.6. The van der Waals surface area contributed by atoms with Gasteiger partial charge in [-0.05, 0) is 36.5 Å². The molecular weight excluding hydrogens is 318 g/mol. The Bertz CT molecular complexity index is 460. The van der Waals surface area contributed by atoms with Gasteiger partial charge in [0, 0.05) is 23.6 Å². The van der Waals surface area contributed by atoms with Crippen molar-refractivity contribution in [3.63, 3.8) is 0 Å². The maximum absolute atomic E-state index is 11.3. The van der Waals surface area contributed by atoms with Crippen LogP contribution in [0.5, 0.6) is 0 Å². The number of nitrogens with zero attached hydrogens (tertiary/aromatic N) is 1. The van der Waals surface area contributed by atoms with E-state index in [1.165, 1.54) is 5.56 Å². The van der Waals surface area contributed by atoms with Gasteiger partial charge in [0.2, 0.25) is 0 Å². The van der Waals surface area contributed by atoms with Crippen LogP contribution in [0.3, 0.4) is 0 Å². The van der Waals surface area contributed by atoms with Gasteiger partial charge >= 0.3 is 5.97 Å². The summed E-state index contributed by atoms with van der Waals surface area (Å²) in [6, 6.07) is 8.69. The molecule has 1 aliphatic heterocycles. The first-order valence-electron chi connectivity index (χ1n) is 7.23. The van der Waals surface area contributed by atoms with Gasteiger partial charge in [-0.2, -0.15) is 0 Å². The average Bonchev–Trinajstić information content (AvgIpc) is 2.41. The van der Waals surface area contributed by atoms with Crippen molar-refractivity contribution in [3.05, 3.63) is 34.3 Å². The van der Waals surface area contributed by atoms with Gasteiger partial charge < -0.3 is 5.11 Å². The number of carbonyl (C=O) groups is 1. The van der Waals surface area contributed by atoms with E-state index >= 15 is 0 Å². The van der Waals surface area contributed by atoms with E-state index in [1.807, 2.05) is 0 Å². The second kappa shape index (κ2) is 6.72. The Labute approximate surface area is 129 Å². The normalized spacial score (nSPS) is 25.4. The Morgan fingerprint density at radius 3 is 2.60 bits per heavy atom. The zero-order valence-electron chi connectivity index (χ0n) is 12.1. The second-order valence-electron chi connectivity index (χ2n) is 5.81. The maximum Gasteiger partial charge on any atom is 0.307 e. The predicted molar refractivity (Wildman–Crippen MR) is 83.7 cm³/mol. The van der Waals surface area contributed by atoms with E-state index in [0.717, 1.165) is 23.9 Å². The number of hydrogen-bond donors (Lipinski definition) is 1. The van der Waals surface area contributed by atoms with Crippen molar-refractivity contribution in [2.75, 3.05) is 13.1 Å². The van der Waals surface area contributed by atoms with Crippen LogP contribution in [0, 0.1) is 11.8 Å². The molecule has 20 heavy (non-hydrogen) atoms. The molecule has 1 aromatic rings. The molecule has 110 valence electrons. The van der Waals surface area contributed by atoms with E-state index in [4.69, 9.17) is 0 Å². The summed E-state index contributed by atoms with van der Waals surface area (Å²) in [5.41, 5.74) is 1.27. The van der Waals surface area contributed by atoms with E-state index in [1.54, 1.807) is 0 Å². The molecule has 0 amide bonds. The van der Waals surface area contributed by atoms with Crippen molar-refractivity contribution in [1.29, 1.82) is 0 Å². The summed E-state index contributed by atoms with van der Waals surface area (Å²) in [5.74, 6) is -0.454. The molecular formula is C16H22BrNO2. The second-order valence-corrected chi connectivity index (χ2v) is 6.72. The number of rotatable bonds is 4. The molecule has 1 N–H and O–H groups in total. The molecule has 1 aromatic carbocycles. The monoisotopic (exact) mass is 339 g/mol. The Hall–Kier alpha value is -0.870. The molecule has 3 nitrogen and oxygen atoms in total. The molecule has 0 spiro atoms. The summed E-state index contributed by atoms with van der Waals surface area (Å²) in [7, 11) is 0. The number of likely N-dealkylation sites (tertiary alicyclic amines) is 1. The Morgan fingerprint density at radius 1 is 1.40 bits per heavy atom. The van der Waals surface area contributed by atoms with Crippen molar-refractivity contribution in [2.24, 2.45) is 11.8 Å². The standard InChI is InChI=1S/C16H22BrNO2/c1-3-15(12-4-6-14(17)7-5-12)18-9-11(2)8-13(10-18)16(19)20/h4-7,11,13,15H,3,8-10H2,1-2H3,(H,19,20). The number of halogens is 1. The fourth-order valence-corrected chi connectivity index (χ4v) is 3.48. The molecule has 0 saturated carbocycles. The Balaban J connectivity index is 2.17. The zero-order valence-corrected chi connectivity index (χ0v) is 13.6. The van der Waals surface area contributed by atoms with Gasteiger partial charge in [-0.3, -0.25) is 9.69 Å². The number of aliphatic carboxylic acids is 1. The van der Waals surface area contributed by atoms with Gasteiger partial charge in [-0.15, -0.1) is 0 Å². The summed E-state index contributed by atoms with van der Waals surface area (Å²) >= 11 is 3.46. The van der Waals surface area contributed by atoms with Crippen LogP contribution in [0.1, 0.15) is 38.3 Å². The highest BCUT2D eigenvalue weighted by Gasteiger charge is 2.32. The minimum absolute atomic E-state index is 0.233. The zero-order chi connectivity index (χ0) is 14.7. The predicted octanol–water partition coefficient (Wildman–Crippen LogP) is 3.94. The molecule has 0 aliphatic carbocycles. The lowest BCUT2D eigenvalue weighted by Crippen LogP contribution is -2.44. The molecule has 1 heterocycles. The van der Waals surface area contributed by atoms with Gasteiger partial charge in [-0.1, -0.05) is 41.9 Å². The first-order valence-corrected chi connectivity index (χ1v) is 8.02. The van der Waals surface area contributed by atoms with Crippen LogP contribution in [0.25, 0.3) is 0 Å². The summed E-state index contributed by atoms with van der Waals surface area (Å²) in [5, 5.41) is 9.30. The van der Waals surface area contributed by atoms with Crippen molar-refractivity contribution in [1.82, 2.24) is 4.90 Å². The minimum atomic E-state index is -0.660. The van der Waals surface area contributed by atoms with Crippen molar-refractivity contribution < 1.29 is 9.90 Å². The van der Waals surface area contributed by atoms with Crippen LogP contribution in [0.4, 0.5) is 0 Å². The van der Waals surface area contributed by atoms with E-state index in [9.17, 15) is 9.90 Å². The van der Waals surface area contributed by atoms with E-state index in [2.05, 4.69) is 58.9 Å². The molecule has 4 heteroatoms. The van der Waals surface area contributed by atoms with Gasteiger partial charge in [-0.25, -0.2) is 0 Å². The van der Waals surface area contributed by atoms with E-state index in [-0.39, 0.29) is 5.92 Å². The molecule has 2 rings (SSSR count). The highest BCUT2D eigenvalue weighted by atomic mass is 79.9. The van der Waals surface area contributed by atoms with Crippen LogP contribution in [-0.2, 0) is 4.79 Å². The van der Waals surface area contributed by atoms with Crippen molar-refractivity contribution in [2.45, 2.75) is 32.7 Å².